The van der Waals surface area contributed by atoms with E-state index in [1.165, 1.54) is 61.2 Å². The van der Waals surface area contributed by atoms with Gasteiger partial charge < -0.3 is 0 Å². The molecule has 0 saturated carbocycles. The van der Waals surface area contributed by atoms with Crippen LogP contribution in [-0.2, 0) is 5.41 Å². The maximum atomic E-state index is 5.15. The number of hydrogen-bond donors (Lipinski definition) is 0. The van der Waals surface area contributed by atoms with Crippen molar-refractivity contribution in [3.63, 3.8) is 0 Å². The summed E-state index contributed by atoms with van der Waals surface area (Å²) in [6.07, 6.45) is 0. The van der Waals surface area contributed by atoms with Gasteiger partial charge in [0.15, 0.2) is 0 Å². The zero-order valence-corrected chi connectivity index (χ0v) is 26.8. The highest BCUT2D eigenvalue weighted by Gasteiger charge is 2.51. The van der Waals surface area contributed by atoms with E-state index in [9.17, 15) is 0 Å². The Kier molecular flexibility index (Phi) is 6.16. The third kappa shape index (κ3) is 4.16. The van der Waals surface area contributed by atoms with Crippen LogP contribution in [0.15, 0.2) is 188 Å². The Hall–Kier alpha value is -6.31. The molecular formula is C48H31N. The first kappa shape index (κ1) is 27.8. The minimum atomic E-state index is -0.312. The highest BCUT2D eigenvalue weighted by Crippen LogP contribution is 2.62. The van der Waals surface area contributed by atoms with Crippen LogP contribution in [0.1, 0.15) is 22.3 Å². The van der Waals surface area contributed by atoms with Crippen LogP contribution in [0.5, 0.6) is 0 Å². The summed E-state index contributed by atoms with van der Waals surface area (Å²) in [4.78, 5) is 5.15. The molecule has 8 aromatic rings. The van der Waals surface area contributed by atoms with Gasteiger partial charge in [-0.3, -0.25) is 0 Å². The van der Waals surface area contributed by atoms with Gasteiger partial charge in [-0.25, -0.2) is 4.98 Å². The molecule has 0 aliphatic heterocycles. The topological polar surface area (TPSA) is 12.9 Å². The lowest BCUT2D eigenvalue weighted by molar-refractivity contribution is 0.794. The number of fused-ring (bicyclic) bond motifs is 10. The quantitative estimate of drug-likeness (QED) is 0.191. The molecule has 228 valence electrons. The first-order valence-electron chi connectivity index (χ1n) is 17.0. The lowest BCUT2D eigenvalue weighted by atomic mass is 9.70. The van der Waals surface area contributed by atoms with Crippen LogP contribution < -0.4 is 0 Å². The summed E-state index contributed by atoms with van der Waals surface area (Å²) < 4.78 is 0. The van der Waals surface area contributed by atoms with Crippen molar-refractivity contribution >= 4 is 0 Å². The second kappa shape index (κ2) is 10.9. The summed E-state index contributed by atoms with van der Waals surface area (Å²) >= 11 is 0. The fraction of sp³-hybridized carbons (Fsp3) is 0.0208. The van der Waals surface area contributed by atoms with Crippen molar-refractivity contribution in [2.75, 3.05) is 0 Å². The molecule has 0 N–H and O–H groups in total. The Balaban J connectivity index is 1.08. The van der Waals surface area contributed by atoms with E-state index in [1.54, 1.807) is 0 Å². The molecular weight excluding hydrogens is 591 g/mol. The zero-order chi connectivity index (χ0) is 32.4. The third-order valence-corrected chi connectivity index (χ3v) is 10.5. The van der Waals surface area contributed by atoms with Gasteiger partial charge in [-0.05, 0) is 85.0 Å². The zero-order valence-electron chi connectivity index (χ0n) is 26.8. The summed E-state index contributed by atoms with van der Waals surface area (Å²) in [5.41, 5.74) is 19.4. The summed E-state index contributed by atoms with van der Waals surface area (Å²) in [7, 11) is 0. The van der Waals surface area contributed by atoms with Crippen LogP contribution >= 0.6 is 0 Å². The second-order valence-corrected chi connectivity index (χ2v) is 13.1. The van der Waals surface area contributed by atoms with Crippen LogP contribution in [0.4, 0.5) is 0 Å². The summed E-state index contributed by atoms with van der Waals surface area (Å²) in [6.45, 7) is 0. The fourth-order valence-electron chi connectivity index (χ4n) is 8.35. The van der Waals surface area contributed by atoms with Crippen molar-refractivity contribution in [2.24, 2.45) is 0 Å². The van der Waals surface area contributed by atoms with E-state index in [1.807, 2.05) is 6.07 Å². The second-order valence-electron chi connectivity index (χ2n) is 13.1. The van der Waals surface area contributed by atoms with Crippen molar-refractivity contribution in [3.8, 4) is 67.0 Å². The van der Waals surface area contributed by atoms with Gasteiger partial charge in [0.25, 0.3) is 0 Å². The van der Waals surface area contributed by atoms with E-state index < -0.39 is 0 Å². The Morgan fingerprint density at radius 1 is 0.265 bits per heavy atom. The molecule has 2 aliphatic carbocycles. The standard InChI is InChI=1S/C48H31N/c1-3-13-32(14-4-1)37-30-46(34-15-5-2-6-16-34)49-47(31-37)35-25-23-33(24-26-35)36-27-28-45-41(29-36)40-19-9-12-22-44(40)48(45)42-20-10-7-17-38(42)39-18-8-11-21-43(39)48/h1-31H. The van der Waals surface area contributed by atoms with Crippen LogP contribution in [0.25, 0.3) is 67.0 Å². The van der Waals surface area contributed by atoms with Gasteiger partial charge in [-0.2, -0.15) is 0 Å². The van der Waals surface area contributed by atoms with Gasteiger partial charge in [0.05, 0.1) is 16.8 Å². The van der Waals surface area contributed by atoms with Crippen molar-refractivity contribution in [2.45, 2.75) is 5.41 Å². The number of aromatic nitrogens is 1. The molecule has 2 aliphatic rings. The van der Waals surface area contributed by atoms with Gasteiger partial charge in [-0.1, -0.05) is 170 Å². The van der Waals surface area contributed by atoms with Crippen molar-refractivity contribution in [1.29, 1.82) is 0 Å². The number of nitrogens with zero attached hydrogens (tertiary/aromatic N) is 1. The molecule has 0 fully saturated rings. The molecule has 49 heavy (non-hydrogen) atoms. The lowest BCUT2D eigenvalue weighted by Gasteiger charge is -2.30. The molecule has 1 aromatic heterocycles. The number of benzene rings is 7. The van der Waals surface area contributed by atoms with Gasteiger partial charge in [-0.15, -0.1) is 0 Å². The van der Waals surface area contributed by atoms with Crippen LogP contribution in [0.2, 0.25) is 0 Å². The van der Waals surface area contributed by atoms with E-state index in [0.29, 0.717) is 0 Å². The van der Waals surface area contributed by atoms with Crippen LogP contribution in [-0.4, -0.2) is 4.98 Å². The molecule has 0 unspecified atom stereocenters. The molecule has 1 heterocycles. The normalized spacial score (nSPS) is 13.1. The summed E-state index contributed by atoms with van der Waals surface area (Å²) in [5, 5.41) is 0. The lowest BCUT2D eigenvalue weighted by Crippen LogP contribution is -2.25. The predicted octanol–water partition coefficient (Wildman–Crippen LogP) is 12.1. The van der Waals surface area contributed by atoms with Crippen molar-refractivity contribution in [3.05, 3.63) is 210 Å². The molecule has 10 rings (SSSR count). The molecule has 0 bridgehead atoms. The van der Waals surface area contributed by atoms with E-state index in [-0.39, 0.29) is 5.41 Å². The first-order valence-corrected chi connectivity index (χ1v) is 17.0. The van der Waals surface area contributed by atoms with E-state index in [2.05, 4.69) is 182 Å². The van der Waals surface area contributed by atoms with E-state index in [4.69, 9.17) is 4.98 Å². The monoisotopic (exact) mass is 621 g/mol. The maximum Gasteiger partial charge on any atom is 0.0725 e. The summed E-state index contributed by atoms with van der Waals surface area (Å²) in [5.74, 6) is 0. The van der Waals surface area contributed by atoms with Crippen molar-refractivity contribution < 1.29 is 0 Å². The molecule has 1 heteroatoms. The first-order chi connectivity index (χ1) is 24.3. The van der Waals surface area contributed by atoms with Crippen LogP contribution in [0.3, 0.4) is 0 Å². The molecule has 7 aromatic carbocycles. The SMILES string of the molecule is c1ccc(-c2cc(-c3ccccc3)nc(-c3ccc(-c4ccc5c(c4)-c4ccccc4C54c5ccccc5-c5ccccc54)cc3)c2)cc1. The van der Waals surface area contributed by atoms with Gasteiger partial charge in [0.1, 0.15) is 0 Å². The fourth-order valence-corrected chi connectivity index (χ4v) is 8.35. The average molecular weight is 622 g/mol. The molecule has 1 spiro atoms. The van der Waals surface area contributed by atoms with Gasteiger partial charge >= 0.3 is 0 Å². The average Bonchev–Trinajstić information content (AvgIpc) is 3.65. The number of rotatable bonds is 4. The molecule has 0 radical (unpaired) electrons. The highest BCUT2D eigenvalue weighted by molar-refractivity contribution is 5.96. The Bertz CT molecular complexity index is 2420. The molecule has 0 atom stereocenters. The van der Waals surface area contributed by atoms with E-state index in [0.717, 1.165) is 28.1 Å². The van der Waals surface area contributed by atoms with Crippen LogP contribution in [0, 0.1) is 0 Å². The third-order valence-electron chi connectivity index (χ3n) is 10.5. The van der Waals surface area contributed by atoms with Gasteiger partial charge in [0.2, 0.25) is 0 Å². The molecule has 1 nitrogen and oxygen atoms in total. The number of hydrogen-bond acceptors (Lipinski definition) is 1. The Labute approximate surface area is 286 Å². The number of pyridine rings is 1. The highest BCUT2D eigenvalue weighted by atomic mass is 14.7. The smallest absolute Gasteiger partial charge is 0.0725 e. The summed E-state index contributed by atoms with van der Waals surface area (Å²) in [6, 6.07) is 68.4. The largest absolute Gasteiger partial charge is 0.248 e. The van der Waals surface area contributed by atoms with Gasteiger partial charge in [0, 0.05) is 11.1 Å². The molecule has 0 saturated heterocycles. The predicted molar refractivity (Wildman–Crippen MR) is 202 cm³/mol. The molecule has 0 amide bonds. The maximum absolute atomic E-state index is 5.15. The minimum absolute atomic E-state index is 0.312. The van der Waals surface area contributed by atoms with E-state index >= 15 is 0 Å². The van der Waals surface area contributed by atoms with Crippen molar-refractivity contribution in [1.82, 2.24) is 4.98 Å². The Morgan fingerprint density at radius 2 is 0.653 bits per heavy atom. The Morgan fingerprint density at radius 3 is 1.22 bits per heavy atom. The minimum Gasteiger partial charge on any atom is -0.248 e.